The third-order valence-electron chi connectivity index (χ3n) is 6.98. The molecule has 0 radical (unpaired) electrons. The number of rotatable bonds is 8. The van der Waals surface area contributed by atoms with E-state index < -0.39 is 36.5 Å². The highest BCUT2D eigenvalue weighted by Crippen LogP contribution is 2.34. The number of carboxylic acid groups (broad SMARTS) is 1. The summed E-state index contributed by atoms with van der Waals surface area (Å²) >= 11 is 0. The summed E-state index contributed by atoms with van der Waals surface area (Å²) in [7, 11) is 0. The minimum absolute atomic E-state index is 0.0219. The van der Waals surface area contributed by atoms with Crippen LogP contribution in [0.4, 0.5) is 4.79 Å². The molecule has 39 heavy (non-hydrogen) atoms. The minimum atomic E-state index is -1.24. The van der Waals surface area contributed by atoms with Crippen LogP contribution in [0.5, 0.6) is 11.5 Å². The molecule has 2 N–H and O–H groups in total. The van der Waals surface area contributed by atoms with Crippen LogP contribution in [0.1, 0.15) is 30.9 Å². The van der Waals surface area contributed by atoms with Crippen molar-refractivity contribution in [2.75, 3.05) is 26.4 Å². The van der Waals surface area contributed by atoms with Crippen LogP contribution >= 0.6 is 0 Å². The molecule has 0 aliphatic carbocycles. The predicted octanol–water partition coefficient (Wildman–Crippen LogP) is 1.61. The zero-order valence-electron chi connectivity index (χ0n) is 21.6. The van der Waals surface area contributed by atoms with Gasteiger partial charge in [-0.05, 0) is 29.7 Å². The summed E-state index contributed by atoms with van der Waals surface area (Å²) in [6.45, 7) is 2.81. The second kappa shape index (κ2) is 11.2. The monoisotopic (exact) mass is 537 g/mol. The number of hydrogen-bond acceptors (Lipinski definition) is 7. The van der Waals surface area contributed by atoms with Crippen LogP contribution < -0.4 is 14.8 Å². The van der Waals surface area contributed by atoms with Gasteiger partial charge in [-0.3, -0.25) is 14.4 Å². The first-order valence-electron chi connectivity index (χ1n) is 12.9. The standard InChI is InChI=1S/C27H31N5O7/c1-2-10-30-16-24(33)31-20(12-25(34)35)26(36)29(14-19-8-9-21-22(11-19)39-17-38-21)15-23(31)32(30)27(37)28-13-18-6-4-3-5-7-18/h3-9,11,20,23H,2,10,12-17H2,1H3,(H,28,37)(H,34,35)/t20-,23-/m0/s1. The molecule has 2 saturated heterocycles. The number of fused-ring (bicyclic) bond motifs is 2. The average Bonchev–Trinajstić information content (AvgIpc) is 3.38. The van der Waals surface area contributed by atoms with Gasteiger partial charge in [0.05, 0.1) is 19.5 Å². The quantitative estimate of drug-likeness (QED) is 0.519. The summed E-state index contributed by atoms with van der Waals surface area (Å²) in [4.78, 5) is 55.1. The Morgan fingerprint density at radius 3 is 2.56 bits per heavy atom. The molecule has 5 rings (SSSR count). The lowest BCUT2D eigenvalue weighted by molar-refractivity contribution is -0.192. The Labute approximate surface area is 225 Å². The van der Waals surface area contributed by atoms with E-state index in [1.54, 1.807) is 23.2 Å². The number of amides is 4. The van der Waals surface area contributed by atoms with Gasteiger partial charge in [0.1, 0.15) is 12.2 Å². The number of aliphatic carboxylic acids is 1. The molecule has 206 valence electrons. The van der Waals surface area contributed by atoms with Gasteiger partial charge < -0.3 is 29.7 Å². The number of carboxylic acids is 1. The maximum atomic E-state index is 13.6. The maximum Gasteiger partial charge on any atom is 0.334 e. The van der Waals surface area contributed by atoms with Gasteiger partial charge in [-0.2, -0.15) is 0 Å². The van der Waals surface area contributed by atoms with Crippen molar-refractivity contribution in [3.63, 3.8) is 0 Å². The molecule has 2 aromatic rings. The Morgan fingerprint density at radius 1 is 1.05 bits per heavy atom. The second-order valence-corrected chi connectivity index (χ2v) is 9.68. The van der Waals surface area contributed by atoms with E-state index in [1.165, 1.54) is 14.8 Å². The van der Waals surface area contributed by atoms with Crippen LogP contribution in [0.3, 0.4) is 0 Å². The zero-order valence-corrected chi connectivity index (χ0v) is 21.6. The Bertz CT molecular complexity index is 1260. The fraction of sp³-hybridized carbons (Fsp3) is 0.407. The first-order chi connectivity index (χ1) is 18.9. The number of carbonyl (C=O) groups excluding carboxylic acids is 3. The van der Waals surface area contributed by atoms with Gasteiger partial charge >= 0.3 is 12.0 Å². The van der Waals surface area contributed by atoms with Crippen LogP contribution in [0, 0.1) is 0 Å². The Kier molecular flexibility index (Phi) is 7.55. The van der Waals surface area contributed by atoms with Crippen molar-refractivity contribution in [2.24, 2.45) is 0 Å². The van der Waals surface area contributed by atoms with E-state index in [9.17, 15) is 24.3 Å². The van der Waals surface area contributed by atoms with Crippen molar-refractivity contribution in [3.05, 3.63) is 59.7 Å². The predicted molar refractivity (Wildman–Crippen MR) is 137 cm³/mol. The second-order valence-electron chi connectivity index (χ2n) is 9.68. The molecule has 0 spiro atoms. The normalized spacial score (nSPS) is 20.7. The highest BCUT2D eigenvalue weighted by Gasteiger charge is 2.51. The molecule has 0 saturated carbocycles. The summed E-state index contributed by atoms with van der Waals surface area (Å²) in [6.07, 6.45) is -0.753. The fourth-order valence-corrected chi connectivity index (χ4v) is 5.27. The van der Waals surface area contributed by atoms with Crippen molar-refractivity contribution in [2.45, 2.75) is 45.1 Å². The fourth-order valence-electron chi connectivity index (χ4n) is 5.27. The molecule has 0 bridgehead atoms. The number of hydrazine groups is 1. The minimum Gasteiger partial charge on any atom is -0.481 e. The van der Waals surface area contributed by atoms with E-state index in [1.807, 2.05) is 37.3 Å². The molecule has 2 aromatic carbocycles. The Hall–Kier alpha value is -4.32. The molecule has 2 fully saturated rings. The van der Waals surface area contributed by atoms with E-state index >= 15 is 0 Å². The Balaban J connectivity index is 1.45. The smallest absolute Gasteiger partial charge is 0.334 e. The van der Waals surface area contributed by atoms with E-state index in [0.717, 1.165) is 11.1 Å². The molecule has 2 atom stereocenters. The van der Waals surface area contributed by atoms with Crippen LogP contribution in [-0.4, -0.2) is 87.4 Å². The molecule has 0 aromatic heterocycles. The molecular weight excluding hydrogens is 506 g/mol. The topological polar surface area (TPSA) is 132 Å². The molecule has 12 heteroatoms. The maximum absolute atomic E-state index is 13.6. The average molecular weight is 538 g/mol. The van der Waals surface area contributed by atoms with Crippen molar-refractivity contribution in [1.29, 1.82) is 0 Å². The zero-order chi connectivity index (χ0) is 27.5. The number of nitrogens with one attached hydrogen (secondary N) is 1. The Morgan fingerprint density at radius 2 is 1.82 bits per heavy atom. The van der Waals surface area contributed by atoms with Gasteiger partial charge in [-0.25, -0.2) is 14.8 Å². The summed E-state index contributed by atoms with van der Waals surface area (Å²) < 4.78 is 10.8. The molecule has 3 heterocycles. The van der Waals surface area contributed by atoms with E-state index in [4.69, 9.17) is 9.47 Å². The number of piperazine rings is 1. The number of benzene rings is 2. The number of nitrogens with zero attached hydrogens (tertiary/aromatic N) is 4. The molecule has 3 aliphatic rings. The van der Waals surface area contributed by atoms with Gasteiger partial charge in [-0.1, -0.05) is 43.3 Å². The van der Waals surface area contributed by atoms with E-state index in [-0.39, 0.29) is 38.9 Å². The van der Waals surface area contributed by atoms with Crippen LogP contribution in [0.25, 0.3) is 0 Å². The highest BCUT2D eigenvalue weighted by molar-refractivity contribution is 5.93. The molecule has 12 nitrogen and oxygen atoms in total. The summed E-state index contributed by atoms with van der Waals surface area (Å²) in [6, 6.07) is 13.1. The summed E-state index contributed by atoms with van der Waals surface area (Å²) in [5.74, 6) is -0.908. The van der Waals surface area contributed by atoms with E-state index in [2.05, 4.69) is 5.32 Å². The molecular formula is C27H31N5O7. The van der Waals surface area contributed by atoms with Crippen LogP contribution in [-0.2, 0) is 27.5 Å². The first kappa shape index (κ1) is 26.3. The van der Waals surface area contributed by atoms with Gasteiger partial charge in [0, 0.05) is 19.6 Å². The first-order valence-corrected chi connectivity index (χ1v) is 12.9. The third kappa shape index (κ3) is 5.46. The van der Waals surface area contributed by atoms with Crippen molar-refractivity contribution >= 4 is 23.8 Å². The van der Waals surface area contributed by atoms with E-state index in [0.29, 0.717) is 24.5 Å². The van der Waals surface area contributed by atoms with Gasteiger partial charge in [0.25, 0.3) is 0 Å². The van der Waals surface area contributed by atoms with Crippen LogP contribution in [0.15, 0.2) is 48.5 Å². The lowest BCUT2D eigenvalue weighted by Gasteiger charge is -2.55. The largest absolute Gasteiger partial charge is 0.481 e. The molecule has 4 amide bonds. The van der Waals surface area contributed by atoms with Gasteiger partial charge in [0.2, 0.25) is 18.6 Å². The lowest BCUT2D eigenvalue weighted by atomic mass is 10.0. The summed E-state index contributed by atoms with van der Waals surface area (Å²) in [5, 5.41) is 15.7. The number of ether oxygens (including phenoxy) is 2. The molecule has 3 aliphatic heterocycles. The lowest BCUT2D eigenvalue weighted by Crippen LogP contribution is -2.76. The van der Waals surface area contributed by atoms with Crippen LogP contribution in [0.2, 0.25) is 0 Å². The number of urea groups is 1. The van der Waals surface area contributed by atoms with Crippen molar-refractivity contribution < 1.29 is 33.8 Å². The van der Waals surface area contributed by atoms with Gasteiger partial charge in [0.15, 0.2) is 11.5 Å². The summed E-state index contributed by atoms with van der Waals surface area (Å²) in [5.41, 5.74) is 1.66. The third-order valence-corrected chi connectivity index (χ3v) is 6.98. The SMILES string of the molecule is CCCN1CC(=O)N2[C@@H](CC(=O)O)C(=O)N(Cc3ccc4c(c3)OCO4)C[C@@H]2N1C(=O)NCc1ccccc1. The number of carbonyl (C=O) groups is 4. The van der Waals surface area contributed by atoms with Gasteiger partial charge in [-0.15, -0.1) is 0 Å². The highest BCUT2D eigenvalue weighted by atomic mass is 16.7. The van der Waals surface area contributed by atoms with Crippen molar-refractivity contribution in [3.8, 4) is 11.5 Å². The van der Waals surface area contributed by atoms with Crippen molar-refractivity contribution in [1.82, 2.24) is 25.1 Å². The number of hydrogen-bond donors (Lipinski definition) is 2. The molecule has 0 unspecified atom stereocenters.